The molecule has 0 bridgehead atoms. The summed E-state index contributed by atoms with van der Waals surface area (Å²) >= 11 is 12.1. The number of nitrogens with one attached hydrogen (secondary N) is 1. The Hall–Kier alpha value is -3.11. The second-order valence-electron chi connectivity index (χ2n) is 7.44. The molecule has 1 aliphatic rings. The molecule has 32 heavy (non-hydrogen) atoms. The molecule has 0 spiro atoms. The Labute approximate surface area is 190 Å². The van der Waals surface area contributed by atoms with Crippen molar-refractivity contribution in [2.75, 3.05) is 5.32 Å². The fourth-order valence-corrected chi connectivity index (χ4v) is 3.76. The van der Waals surface area contributed by atoms with Crippen LogP contribution < -0.4 is 5.32 Å². The molecule has 1 N–H and O–H groups in total. The van der Waals surface area contributed by atoms with Crippen molar-refractivity contribution in [1.29, 1.82) is 0 Å². The molecule has 0 atom stereocenters. The first-order chi connectivity index (χ1) is 15.4. The topological polar surface area (TPSA) is 90.0 Å². The van der Waals surface area contributed by atoms with Gasteiger partial charge in [0.1, 0.15) is 12.0 Å². The van der Waals surface area contributed by atoms with E-state index in [-0.39, 0.29) is 28.9 Å². The highest BCUT2D eigenvalue weighted by Gasteiger charge is 2.28. The van der Waals surface area contributed by atoms with Crippen molar-refractivity contribution in [2.45, 2.75) is 31.7 Å². The number of amides is 1. The number of alkyl halides is 2. The molecular weight excluding hydrogens is 463 g/mol. The second-order valence-corrected chi connectivity index (χ2v) is 8.28. The molecule has 1 saturated carbocycles. The third-order valence-corrected chi connectivity index (χ3v) is 5.62. The van der Waals surface area contributed by atoms with E-state index in [0.29, 0.717) is 22.3 Å². The van der Waals surface area contributed by atoms with Gasteiger partial charge in [-0.1, -0.05) is 29.3 Å². The lowest BCUT2D eigenvalue weighted by molar-refractivity contribution is 0.102. The molecule has 164 valence electrons. The minimum atomic E-state index is -2.74. The van der Waals surface area contributed by atoms with Crippen LogP contribution in [0.2, 0.25) is 10.0 Å². The first-order valence-corrected chi connectivity index (χ1v) is 10.5. The number of aromatic nitrogens is 6. The predicted molar refractivity (Wildman–Crippen MR) is 113 cm³/mol. The fourth-order valence-electron chi connectivity index (χ4n) is 3.29. The zero-order chi connectivity index (χ0) is 22.4. The van der Waals surface area contributed by atoms with Crippen LogP contribution in [0.3, 0.4) is 0 Å². The van der Waals surface area contributed by atoms with Gasteiger partial charge >= 0.3 is 0 Å². The van der Waals surface area contributed by atoms with Crippen LogP contribution in [0.4, 0.5) is 14.7 Å². The van der Waals surface area contributed by atoms with Crippen LogP contribution in [0.15, 0.2) is 36.7 Å². The molecule has 1 aliphatic carbocycles. The summed E-state index contributed by atoms with van der Waals surface area (Å²) in [6, 6.07) is 7.83. The van der Waals surface area contributed by atoms with Gasteiger partial charge in [-0.05, 0) is 36.6 Å². The fraction of sp³-hybridized carbons (Fsp3) is 0.250. The van der Waals surface area contributed by atoms with Gasteiger partial charge in [0.2, 0.25) is 5.95 Å². The third-order valence-electron chi connectivity index (χ3n) is 5.04. The zero-order valence-corrected chi connectivity index (χ0v) is 17.9. The molecule has 1 fully saturated rings. The zero-order valence-electron chi connectivity index (χ0n) is 16.3. The minimum absolute atomic E-state index is 0.0397. The molecule has 5 rings (SSSR count). The Morgan fingerprint density at radius 2 is 2.00 bits per heavy atom. The second kappa shape index (κ2) is 8.10. The predicted octanol–water partition coefficient (Wildman–Crippen LogP) is 4.74. The van der Waals surface area contributed by atoms with E-state index < -0.39 is 12.3 Å². The maximum atomic E-state index is 13.5. The standard InChI is InChI=1S/C20H15Cl2F2N7O/c21-12-4-3-11(13(22)5-12)8-30-9-25-20(29-30)27-19(32)15-7-17-26-14(10-1-2-10)6-16(18(23)24)31(17)28-15/h3-7,9-10,18H,1-2,8H2,(H,27,29,32). The van der Waals surface area contributed by atoms with E-state index >= 15 is 0 Å². The monoisotopic (exact) mass is 477 g/mol. The van der Waals surface area contributed by atoms with E-state index in [1.807, 2.05) is 0 Å². The maximum Gasteiger partial charge on any atom is 0.280 e. The molecular formula is C20H15Cl2F2N7O. The number of rotatable bonds is 6. The van der Waals surface area contributed by atoms with Crippen LogP contribution in [0.25, 0.3) is 5.65 Å². The van der Waals surface area contributed by atoms with E-state index in [1.165, 1.54) is 23.1 Å². The van der Waals surface area contributed by atoms with Crippen molar-refractivity contribution in [2.24, 2.45) is 0 Å². The summed E-state index contributed by atoms with van der Waals surface area (Å²) < 4.78 is 29.5. The molecule has 3 heterocycles. The Balaban J connectivity index is 1.35. The van der Waals surface area contributed by atoms with E-state index in [1.54, 1.807) is 18.2 Å². The van der Waals surface area contributed by atoms with Crippen molar-refractivity contribution in [1.82, 2.24) is 29.4 Å². The molecule has 1 amide bonds. The summed E-state index contributed by atoms with van der Waals surface area (Å²) in [5.74, 6) is -0.407. The summed E-state index contributed by atoms with van der Waals surface area (Å²) in [7, 11) is 0. The number of nitrogens with zero attached hydrogens (tertiary/aromatic N) is 6. The lowest BCUT2D eigenvalue weighted by atomic mass is 10.2. The quantitative estimate of drug-likeness (QED) is 0.432. The summed E-state index contributed by atoms with van der Waals surface area (Å²) in [5, 5.41) is 11.7. The van der Waals surface area contributed by atoms with E-state index in [0.717, 1.165) is 22.9 Å². The molecule has 4 aromatic rings. The summed E-state index contributed by atoms with van der Waals surface area (Å²) in [4.78, 5) is 21.1. The van der Waals surface area contributed by atoms with Crippen molar-refractivity contribution in [3.8, 4) is 0 Å². The Morgan fingerprint density at radius 3 is 2.72 bits per heavy atom. The normalized spacial score (nSPS) is 13.8. The van der Waals surface area contributed by atoms with Gasteiger partial charge in [0, 0.05) is 27.7 Å². The lowest BCUT2D eigenvalue weighted by Crippen LogP contribution is -2.14. The van der Waals surface area contributed by atoms with Gasteiger partial charge < -0.3 is 0 Å². The van der Waals surface area contributed by atoms with Gasteiger partial charge in [0.05, 0.1) is 6.54 Å². The number of hydrogen-bond donors (Lipinski definition) is 1. The molecule has 1 aromatic carbocycles. The van der Waals surface area contributed by atoms with E-state index in [4.69, 9.17) is 23.2 Å². The summed E-state index contributed by atoms with van der Waals surface area (Å²) in [6.07, 6.45) is 0.528. The van der Waals surface area contributed by atoms with Crippen LogP contribution in [0.1, 0.15) is 52.6 Å². The third kappa shape index (κ3) is 4.15. The van der Waals surface area contributed by atoms with Crippen molar-refractivity contribution in [3.63, 3.8) is 0 Å². The van der Waals surface area contributed by atoms with Crippen molar-refractivity contribution in [3.05, 3.63) is 69.3 Å². The van der Waals surface area contributed by atoms with Gasteiger partial charge in [-0.25, -0.2) is 27.9 Å². The number of halogens is 4. The lowest BCUT2D eigenvalue weighted by Gasteiger charge is -2.06. The average Bonchev–Trinajstić information content (AvgIpc) is 3.36. The van der Waals surface area contributed by atoms with Crippen LogP contribution in [-0.2, 0) is 6.54 Å². The van der Waals surface area contributed by atoms with Gasteiger partial charge in [0.25, 0.3) is 12.3 Å². The van der Waals surface area contributed by atoms with Crippen LogP contribution in [0, 0.1) is 0 Å². The Morgan fingerprint density at radius 1 is 1.19 bits per heavy atom. The van der Waals surface area contributed by atoms with Gasteiger partial charge in [-0.3, -0.25) is 10.1 Å². The van der Waals surface area contributed by atoms with Gasteiger partial charge in [-0.15, -0.1) is 5.10 Å². The number of fused-ring (bicyclic) bond motifs is 1. The molecule has 12 heteroatoms. The first-order valence-electron chi connectivity index (χ1n) is 9.71. The summed E-state index contributed by atoms with van der Waals surface area (Å²) in [6.45, 7) is 0.318. The maximum absolute atomic E-state index is 13.5. The van der Waals surface area contributed by atoms with Crippen molar-refractivity contribution < 1.29 is 13.6 Å². The van der Waals surface area contributed by atoms with Crippen molar-refractivity contribution >= 4 is 40.7 Å². The molecule has 0 saturated heterocycles. The molecule has 0 unspecified atom stereocenters. The molecule has 0 radical (unpaired) electrons. The number of carbonyl (C=O) groups excluding carboxylic acids is 1. The van der Waals surface area contributed by atoms with Gasteiger partial charge in [0.15, 0.2) is 11.3 Å². The highest BCUT2D eigenvalue weighted by atomic mass is 35.5. The highest BCUT2D eigenvalue weighted by Crippen LogP contribution is 2.40. The molecule has 3 aromatic heterocycles. The van der Waals surface area contributed by atoms with E-state index in [9.17, 15) is 13.6 Å². The molecule has 0 aliphatic heterocycles. The minimum Gasteiger partial charge on any atom is -0.288 e. The SMILES string of the molecule is O=C(Nc1ncn(Cc2ccc(Cl)cc2Cl)n1)c1cc2nc(C3CC3)cc(C(F)F)n2n1. The van der Waals surface area contributed by atoms with Crippen LogP contribution in [0.5, 0.6) is 0 Å². The number of benzene rings is 1. The Bertz CT molecular complexity index is 1330. The number of carbonyl (C=O) groups is 1. The van der Waals surface area contributed by atoms with Crippen LogP contribution in [-0.4, -0.2) is 35.3 Å². The molecule has 8 nitrogen and oxygen atoms in total. The van der Waals surface area contributed by atoms with E-state index in [2.05, 4.69) is 25.5 Å². The number of hydrogen-bond acceptors (Lipinski definition) is 5. The average molecular weight is 478 g/mol. The smallest absolute Gasteiger partial charge is 0.280 e. The van der Waals surface area contributed by atoms with Gasteiger partial charge in [-0.2, -0.15) is 5.10 Å². The number of anilines is 1. The highest BCUT2D eigenvalue weighted by molar-refractivity contribution is 6.35. The van der Waals surface area contributed by atoms with Crippen LogP contribution >= 0.6 is 23.2 Å². The largest absolute Gasteiger partial charge is 0.288 e. The first kappa shape index (κ1) is 20.8. The Kier molecular flexibility index (Phi) is 5.26. The summed E-state index contributed by atoms with van der Waals surface area (Å²) in [5.41, 5.74) is 1.21.